The van der Waals surface area contributed by atoms with Crippen molar-refractivity contribution in [3.8, 4) is 5.75 Å². The van der Waals surface area contributed by atoms with E-state index in [4.69, 9.17) is 4.74 Å². The van der Waals surface area contributed by atoms with Gasteiger partial charge in [-0.05, 0) is 43.3 Å². The highest BCUT2D eigenvalue weighted by Crippen LogP contribution is 2.20. The lowest BCUT2D eigenvalue weighted by molar-refractivity contribution is 0.181. The van der Waals surface area contributed by atoms with Crippen molar-refractivity contribution >= 4 is 11.0 Å². The van der Waals surface area contributed by atoms with E-state index in [0.717, 1.165) is 11.0 Å². The molecule has 1 atom stereocenters. The third-order valence-corrected chi connectivity index (χ3v) is 3.46. The van der Waals surface area contributed by atoms with Crippen molar-refractivity contribution in [3.63, 3.8) is 0 Å². The third kappa shape index (κ3) is 2.94. The van der Waals surface area contributed by atoms with Crippen molar-refractivity contribution in [2.24, 2.45) is 0 Å². The molecule has 0 aliphatic carbocycles. The van der Waals surface area contributed by atoms with Gasteiger partial charge in [0, 0.05) is 0 Å². The lowest BCUT2D eigenvalue weighted by atomic mass is 10.3. The largest absolute Gasteiger partial charge is 0.492 e. The highest BCUT2D eigenvalue weighted by Gasteiger charge is 2.14. The number of aliphatic hydroxyl groups excluding tert-OH is 1. The number of halogens is 1. The monoisotopic (exact) mass is 300 g/mol. The molecule has 4 nitrogen and oxygen atoms in total. The summed E-state index contributed by atoms with van der Waals surface area (Å²) in [5.41, 5.74) is 1.81. The van der Waals surface area contributed by atoms with Crippen LogP contribution < -0.4 is 4.74 Å². The molecule has 114 valence electrons. The second kappa shape index (κ2) is 6.15. The lowest BCUT2D eigenvalue weighted by Crippen LogP contribution is -2.12. The van der Waals surface area contributed by atoms with Gasteiger partial charge in [0.05, 0.1) is 17.6 Å². The Bertz CT molecular complexity index is 766. The summed E-state index contributed by atoms with van der Waals surface area (Å²) >= 11 is 0. The normalized spacial score (nSPS) is 12.5. The molecule has 0 saturated heterocycles. The molecule has 5 heteroatoms. The zero-order chi connectivity index (χ0) is 15.5. The van der Waals surface area contributed by atoms with Crippen LogP contribution in [-0.4, -0.2) is 21.3 Å². The number of rotatable bonds is 5. The minimum Gasteiger partial charge on any atom is -0.492 e. The van der Waals surface area contributed by atoms with E-state index in [-0.39, 0.29) is 5.82 Å². The molecule has 1 N–H and O–H groups in total. The van der Waals surface area contributed by atoms with E-state index in [1.54, 1.807) is 19.1 Å². The standard InChI is InChI=1S/C17H17FN2O2/c1-12(21)17-19-15-4-2-3-5-16(15)20(17)10-11-22-14-8-6-13(18)7-9-14/h2-9,12,21H,10-11H2,1H3/t12-/m0/s1. The molecule has 0 aliphatic rings. The van der Waals surface area contributed by atoms with E-state index in [1.165, 1.54) is 12.1 Å². The maximum atomic E-state index is 12.9. The average Bonchev–Trinajstić information content (AvgIpc) is 2.89. The minimum atomic E-state index is -0.654. The van der Waals surface area contributed by atoms with E-state index in [9.17, 15) is 9.50 Å². The zero-order valence-corrected chi connectivity index (χ0v) is 12.2. The first-order valence-corrected chi connectivity index (χ1v) is 7.17. The van der Waals surface area contributed by atoms with Crippen molar-refractivity contribution in [1.29, 1.82) is 0 Å². The molecule has 0 bridgehead atoms. The van der Waals surface area contributed by atoms with Crippen molar-refractivity contribution in [3.05, 3.63) is 60.2 Å². The zero-order valence-electron chi connectivity index (χ0n) is 12.2. The summed E-state index contributed by atoms with van der Waals surface area (Å²) in [6, 6.07) is 13.7. The summed E-state index contributed by atoms with van der Waals surface area (Å²) in [4.78, 5) is 4.46. The maximum Gasteiger partial charge on any atom is 0.138 e. The molecule has 0 unspecified atom stereocenters. The number of hydrogen-bond donors (Lipinski definition) is 1. The van der Waals surface area contributed by atoms with Crippen LogP contribution in [0, 0.1) is 5.82 Å². The Balaban J connectivity index is 1.78. The molecule has 2 aromatic carbocycles. The number of aromatic nitrogens is 2. The summed E-state index contributed by atoms with van der Waals surface area (Å²) in [6.45, 7) is 2.66. The highest BCUT2D eigenvalue weighted by atomic mass is 19.1. The van der Waals surface area contributed by atoms with E-state index in [1.807, 2.05) is 28.8 Å². The SMILES string of the molecule is C[C@H](O)c1nc2ccccc2n1CCOc1ccc(F)cc1. The Hall–Kier alpha value is -2.40. The molecular formula is C17H17FN2O2. The van der Waals surface area contributed by atoms with Crippen LogP contribution in [0.25, 0.3) is 11.0 Å². The van der Waals surface area contributed by atoms with Crippen LogP contribution in [0.3, 0.4) is 0 Å². The number of aliphatic hydroxyl groups is 1. The summed E-state index contributed by atoms with van der Waals surface area (Å²) in [5.74, 6) is 0.942. The van der Waals surface area contributed by atoms with Crippen molar-refractivity contribution < 1.29 is 14.2 Å². The summed E-state index contributed by atoms with van der Waals surface area (Å²) in [6.07, 6.45) is -0.654. The van der Waals surface area contributed by atoms with Gasteiger partial charge in [0.2, 0.25) is 0 Å². The summed E-state index contributed by atoms with van der Waals surface area (Å²) < 4.78 is 20.4. The van der Waals surface area contributed by atoms with Gasteiger partial charge >= 0.3 is 0 Å². The second-order valence-electron chi connectivity index (χ2n) is 5.09. The Morgan fingerprint density at radius 1 is 1.18 bits per heavy atom. The average molecular weight is 300 g/mol. The number of ether oxygens (including phenoxy) is 1. The first-order chi connectivity index (χ1) is 10.6. The summed E-state index contributed by atoms with van der Waals surface area (Å²) in [5, 5.41) is 9.89. The van der Waals surface area contributed by atoms with Crippen LogP contribution >= 0.6 is 0 Å². The molecule has 0 radical (unpaired) electrons. The van der Waals surface area contributed by atoms with Crippen LogP contribution in [-0.2, 0) is 6.54 Å². The first kappa shape index (κ1) is 14.5. The van der Waals surface area contributed by atoms with Crippen LogP contribution in [0.4, 0.5) is 4.39 Å². The van der Waals surface area contributed by atoms with Gasteiger partial charge in [0.15, 0.2) is 0 Å². The lowest BCUT2D eigenvalue weighted by Gasteiger charge is -2.12. The molecular weight excluding hydrogens is 283 g/mol. The molecule has 0 fully saturated rings. The Labute approximate surface area is 127 Å². The molecule has 3 rings (SSSR count). The van der Waals surface area contributed by atoms with Crippen molar-refractivity contribution in [1.82, 2.24) is 9.55 Å². The fourth-order valence-electron chi connectivity index (χ4n) is 2.43. The van der Waals surface area contributed by atoms with Crippen molar-refractivity contribution in [2.45, 2.75) is 19.6 Å². The van der Waals surface area contributed by atoms with E-state index < -0.39 is 6.10 Å². The van der Waals surface area contributed by atoms with E-state index in [2.05, 4.69) is 4.98 Å². The molecule has 1 aromatic heterocycles. The fraction of sp³-hybridized carbons (Fsp3) is 0.235. The van der Waals surface area contributed by atoms with Gasteiger partial charge in [-0.3, -0.25) is 0 Å². The molecule has 0 aliphatic heterocycles. The van der Waals surface area contributed by atoms with Gasteiger partial charge in [0.25, 0.3) is 0 Å². The van der Waals surface area contributed by atoms with E-state index >= 15 is 0 Å². The van der Waals surface area contributed by atoms with Gasteiger partial charge in [0.1, 0.15) is 30.1 Å². The Morgan fingerprint density at radius 3 is 2.64 bits per heavy atom. The van der Waals surface area contributed by atoms with Crippen LogP contribution in [0.15, 0.2) is 48.5 Å². The predicted molar refractivity (Wildman–Crippen MR) is 82.3 cm³/mol. The van der Waals surface area contributed by atoms with Gasteiger partial charge in [-0.15, -0.1) is 0 Å². The predicted octanol–water partition coefficient (Wildman–Crippen LogP) is 3.31. The number of hydrogen-bond acceptors (Lipinski definition) is 3. The van der Waals surface area contributed by atoms with Gasteiger partial charge < -0.3 is 14.4 Å². The summed E-state index contributed by atoms with van der Waals surface area (Å²) in [7, 11) is 0. The third-order valence-electron chi connectivity index (χ3n) is 3.46. The van der Waals surface area contributed by atoms with Gasteiger partial charge in [-0.25, -0.2) is 9.37 Å². The highest BCUT2D eigenvalue weighted by molar-refractivity contribution is 5.76. The quantitative estimate of drug-likeness (QED) is 0.786. The number of para-hydroxylation sites is 2. The van der Waals surface area contributed by atoms with Gasteiger partial charge in [-0.1, -0.05) is 12.1 Å². The molecule has 0 saturated carbocycles. The smallest absolute Gasteiger partial charge is 0.138 e. The van der Waals surface area contributed by atoms with Crippen LogP contribution in [0.1, 0.15) is 18.9 Å². The molecule has 22 heavy (non-hydrogen) atoms. The number of imidazole rings is 1. The number of nitrogens with zero attached hydrogens (tertiary/aromatic N) is 2. The topological polar surface area (TPSA) is 47.3 Å². The number of benzene rings is 2. The maximum absolute atomic E-state index is 12.9. The van der Waals surface area contributed by atoms with Crippen molar-refractivity contribution in [2.75, 3.05) is 6.61 Å². The molecule has 3 aromatic rings. The van der Waals surface area contributed by atoms with E-state index in [0.29, 0.717) is 24.7 Å². The molecule has 0 spiro atoms. The fourth-order valence-corrected chi connectivity index (χ4v) is 2.43. The molecule has 1 heterocycles. The second-order valence-corrected chi connectivity index (χ2v) is 5.09. The Kier molecular flexibility index (Phi) is 4.06. The van der Waals surface area contributed by atoms with Crippen LogP contribution in [0.2, 0.25) is 0 Å². The van der Waals surface area contributed by atoms with Crippen LogP contribution in [0.5, 0.6) is 5.75 Å². The molecule has 0 amide bonds. The number of fused-ring (bicyclic) bond motifs is 1. The van der Waals surface area contributed by atoms with Gasteiger partial charge in [-0.2, -0.15) is 0 Å². The Morgan fingerprint density at radius 2 is 1.91 bits per heavy atom. The first-order valence-electron chi connectivity index (χ1n) is 7.17. The minimum absolute atomic E-state index is 0.288.